The maximum Gasteiger partial charge on any atom is 0.261 e. The van der Waals surface area contributed by atoms with Gasteiger partial charge in [-0.3, -0.25) is 4.79 Å². The van der Waals surface area contributed by atoms with E-state index in [1.54, 1.807) is 6.26 Å². The summed E-state index contributed by atoms with van der Waals surface area (Å²) in [4.78, 5) is 11.8. The van der Waals surface area contributed by atoms with E-state index in [1.807, 2.05) is 6.08 Å². The van der Waals surface area contributed by atoms with Gasteiger partial charge in [0.05, 0.1) is 12.4 Å². The zero-order valence-corrected chi connectivity index (χ0v) is 20.4. The van der Waals surface area contributed by atoms with E-state index >= 15 is 0 Å². The summed E-state index contributed by atoms with van der Waals surface area (Å²) in [6, 6.07) is 21.3. The topological polar surface area (TPSA) is 39.4 Å². The summed E-state index contributed by atoms with van der Waals surface area (Å²) in [5.74, 6) is 0.387. The number of fused-ring (bicyclic) bond motifs is 1. The quantitative estimate of drug-likeness (QED) is 0.268. The molecule has 1 heterocycles. The summed E-state index contributed by atoms with van der Waals surface area (Å²) in [6.45, 7) is 13.0. The number of aldehydes is 1. The van der Waals surface area contributed by atoms with E-state index in [1.165, 1.54) is 10.4 Å². The third-order valence-electron chi connectivity index (χ3n) is 6.99. The molecule has 3 nitrogen and oxygen atoms in total. The first kappa shape index (κ1) is 22.5. The molecule has 4 rings (SSSR count). The van der Waals surface area contributed by atoms with Gasteiger partial charge in [-0.25, -0.2) is 0 Å². The molecule has 0 N–H and O–H groups in total. The number of hydrogen-bond donors (Lipinski definition) is 0. The Bertz CT molecular complexity index is 1060. The standard InChI is InChI=1S/C28H32O3Si/c1-6-28(5)18-17-24(23-20-30-25(19-29)26(23)28)31-32(27(2,3)4,21-13-9-7-10-14-21)22-15-11-8-12-16-22/h6-16,19-20,24H,1,17-18H2,2-5H3/t24-,28-/m0/s1. The van der Waals surface area contributed by atoms with Crippen LogP contribution in [0.4, 0.5) is 0 Å². The SMILES string of the molecule is C=C[C@@]1(C)CC[C@H](O[Si](c2ccccc2)(c2ccccc2)C(C)(C)C)c2coc(C=O)c21. The van der Waals surface area contributed by atoms with Crippen molar-refractivity contribution in [2.45, 2.75) is 57.1 Å². The van der Waals surface area contributed by atoms with Crippen LogP contribution in [0.5, 0.6) is 0 Å². The second-order valence-electron chi connectivity index (χ2n) is 9.98. The third kappa shape index (κ3) is 3.52. The highest BCUT2D eigenvalue weighted by Gasteiger charge is 2.53. The lowest BCUT2D eigenvalue weighted by Crippen LogP contribution is -2.67. The summed E-state index contributed by atoms with van der Waals surface area (Å²) < 4.78 is 13.1. The molecule has 0 saturated heterocycles. The van der Waals surface area contributed by atoms with Crippen LogP contribution in [0.2, 0.25) is 5.04 Å². The van der Waals surface area contributed by atoms with E-state index in [4.69, 9.17) is 8.84 Å². The van der Waals surface area contributed by atoms with Crippen molar-refractivity contribution in [3.63, 3.8) is 0 Å². The minimum atomic E-state index is -2.72. The molecule has 2 aromatic carbocycles. The molecule has 1 aliphatic carbocycles. The van der Waals surface area contributed by atoms with Crippen LogP contribution in [0.15, 0.2) is 84.0 Å². The van der Waals surface area contributed by atoms with E-state index in [0.29, 0.717) is 5.76 Å². The average Bonchev–Trinajstić information content (AvgIpc) is 3.25. The lowest BCUT2D eigenvalue weighted by atomic mass is 9.71. The maximum atomic E-state index is 11.8. The largest absolute Gasteiger partial charge is 0.461 e. The average molecular weight is 445 g/mol. The lowest BCUT2D eigenvalue weighted by molar-refractivity contribution is 0.109. The van der Waals surface area contributed by atoms with E-state index in [9.17, 15) is 4.79 Å². The summed E-state index contributed by atoms with van der Waals surface area (Å²) in [7, 11) is -2.72. The second kappa shape index (κ2) is 8.34. The Labute approximate surface area is 192 Å². The highest BCUT2D eigenvalue weighted by molar-refractivity contribution is 6.99. The molecular formula is C28H32O3Si. The Hall–Kier alpha value is -2.69. The van der Waals surface area contributed by atoms with Crippen molar-refractivity contribution < 1.29 is 13.6 Å². The number of allylic oxidation sites excluding steroid dienone is 1. The van der Waals surface area contributed by atoms with Crippen molar-refractivity contribution in [2.24, 2.45) is 0 Å². The van der Waals surface area contributed by atoms with Crippen LogP contribution < -0.4 is 10.4 Å². The summed E-state index contributed by atoms with van der Waals surface area (Å²) in [5.41, 5.74) is 1.61. The highest BCUT2D eigenvalue weighted by atomic mass is 28.4. The molecule has 2 atom stereocenters. The minimum Gasteiger partial charge on any atom is -0.461 e. The van der Waals surface area contributed by atoms with Crippen molar-refractivity contribution in [2.75, 3.05) is 0 Å². The van der Waals surface area contributed by atoms with Crippen LogP contribution in [0, 0.1) is 0 Å². The zero-order chi connectivity index (χ0) is 23.0. The van der Waals surface area contributed by atoms with Crippen LogP contribution >= 0.6 is 0 Å². The summed E-state index contributed by atoms with van der Waals surface area (Å²) in [5, 5.41) is 2.37. The molecule has 1 aliphatic rings. The fourth-order valence-electron chi connectivity index (χ4n) is 5.26. The fourth-order valence-corrected chi connectivity index (χ4v) is 9.95. The molecule has 1 aromatic heterocycles. The maximum absolute atomic E-state index is 11.8. The minimum absolute atomic E-state index is 0.119. The number of hydrogen-bond acceptors (Lipinski definition) is 3. The van der Waals surface area contributed by atoms with Crippen molar-refractivity contribution >= 4 is 25.0 Å². The van der Waals surface area contributed by atoms with Gasteiger partial charge in [0.1, 0.15) is 0 Å². The van der Waals surface area contributed by atoms with Gasteiger partial charge in [0.15, 0.2) is 12.0 Å². The Morgan fingerprint density at radius 2 is 1.62 bits per heavy atom. The van der Waals surface area contributed by atoms with Gasteiger partial charge in [-0.15, -0.1) is 6.58 Å². The van der Waals surface area contributed by atoms with E-state index in [-0.39, 0.29) is 16.6 Å². The normalized spacial score (nSPS) is 21.1. The van der Waals surface area contributed by atoms with Crippen molar-refractivity contribution in [3.8, 4) is 0 Å². The highest BCUT2D eigenvalue weighted by Crippen LogP contribution is 2.49. The van der Waals surface area contributed by atoms with Crippen LogP contribution in [0.25, 0.3) is 0 Å². The Morgan fingerprint density at radius 3 is 2.09 bits per heavy atom. The van der Waals surface area contributed by atoms with Gasteiger partial charge < -0.3 is 8.84 Å². The first-order chi connectivity index (χ1) is 15.3. The van der Waals surface area contributed by atoms with Crippen LogP contribution in [0.3, 0.4) is 0 Å². The van der Waals surface area contributed by atoms with Gasteiger partial charge in [0.25, 0.3) is 8.32 Å². The first-order valence-electron chi connectivity index (χ1n) is 11.3. The van der Waals surface area contributed by atoms with E-state index < -0.39 is 8.32 Å². The summed E-state index contributed by atoms with van der Waals surface area (Å²) >= 11 is 0. The number of furan rings is 1. The lowest BCUT2D eigenvalue weighted by Gasteiger charge is -2.47. The number of benzene rings is 2. The summed E-state index contributed by atoms with van der Waals surface area (Å²) in [6.07, 6.45) is 6.02. The van der Waals surface area contributed by atoms with Crippen molar-refractivity contribution in [1.29, 1.82) is 0 Å². The number of carbonyl (C=O) groups excluding carboxylic acids is 1. The fraction of sp³-hybridized carbons (Fsp3) is 0.321. The molecule has 166 valence electrons. The predicted molar refractivity (Wildman–Crippen MR) is 132 cm³/mol. The van der Waals surface area contributed by atoms with E-state index in [0.717, 1.165) is 30.3 Å². The molecule has 0 fully saturated rings. The molecule has 0 bridgehead atoms. The van der Waals surface area contributed by atoms with Crippen molar-refractivity contribution in [3.05, 3.63) is 96.5 Å². The Kier molecular flexibility index (Phi) is 5.86. The van der Waals surface area contributed by atoms with Crippen LogP contribution in [0.1, 0.15) is 68.3 Å². The monoisotopic (exact) mass is 444 g/mol. The smallest absolute Gasteiger partial charge is 0.261 e. The third-order valence-corrected chi connectivity index (χ3v) is 12.0. The van der Waals surface area contributed by atoms with Crippen LogP contribution in [-0.2, 0) is 9.84 Å². The molecule has 0 saturated carbocycles. The van der Waals surface area contributed by atoms with Crippen molar-refractivity contribution in [1.82, 2.24) is 0 Å². The van der Waals surface area contributed by atoms with Gasteiger partial charge in [0.2, 0.25) is 0 Å². The van der Waals surface area contributed by atoms with Gasteiger partial charge in [-0.2, -0.15) is 0 Å². The molecule has 0 unspecified atom stereocenters. The first-order valence-corrected chi connectivity index (χ1v) is 13.2. The molecule has 3 aromatic rings. The Balaban J connectivity index is 1.92. The van der Waals surface area contributed by atoms with E-state index in [2.05, 4.69) is 94.9 Å². The molecule has 4 heteroatoms. The zero-order valence-electron chi connectivity index (χ0n) is 19.4. The number of rotatable bonds is 6. The van der Waals surface area contributed by atoms with Gasteiger partial charge >= 0.3 is 0 Å². The Morgan fingerprint density at radius 1 is 1.06 bits per heavy atom. The van der Waals surface area contributed by atoms with Gasteiger partial charge in [-0.05, 0) is 28.3 Å². The predicted octanol–water partition coefficient (Wildman–Crippen LogP) is 5.95. The molecule has 0 amide bonds. The molecule has 0 aliphatic heterocycles. The second-order valence-corrected chi connectivity index (χ2v) is 14.2. The van der Waals surface area contributed by atoms with Gasteiger partial charge in [-0.1, -0.05) is 94.4 Å². The molecule has 0 radical (unpaired) electrons. The molecular weight excluding hydrogens is 412 g/mol. The van der Waals surface area contributed by atoms with Gasteiger partial charge in [0, 0.05) is 16.5 Å². The molecule has 32 heavy (non-hydrogen) atoms. The molecule has 0 spiro atoms. The van der Waals surface area contributed by atoms with Crippen LogP contribution in [-0.4, -0.2) is 14.6 Å². The number of carbonyl (C=O) groups is 1.